The molecule has 1 amide bonds. The molecule has 1 heterocycles. The number of fused-ring (bicyclic) bond motifs is 1. The van der Waals surface area contributed by atoms with Gasteiger partial charge in [-0.1, -0.05) is 42.5 Å². The molecule has 148 valence electrons. The number of nitrogens with two attached hydrogens (primary N) is 1. The summed E-state index contributed by atoms with van der Waals surface area (Å²) in [7, 11) is 0. The number of ether oxygens (including phenoxy) is 2. The molecule has 0 unspecified atom stereocenters. The van der Waals surface area contributed by atoms with E-state index >= 15 is 0 Å². The van der Waals surface area contributed by atoms with Crippen LogP contribution in [0.4, 0.5) is 5.69 Å². The van der Waals surface area contributed by atoms with Crippen LogP contribution in [-0.2, 0) is 16.8 Å². The molecule has 0 atom stereocenters. The molecule has 3 aromatic rings. The van der Waals surface area contributed by atoms with Crippen molar-refractivity contribution in [3.8, 4) is 22.6 Å². The molecule has 0 radical (unpaired) electrons. The van der Waals surface area contributed by atoms with Gasteiger partial charge in [-0.25, -0.2) is 0 Å². The molecule has 1 fully saturated rings. The lowest BCUT2D eigenvalue weighted by Gasteiger charge is -2.17. The van der Waals surface area contributed by atoms with Crippen molar-refractivity contribution < 1.29 is 15.7 Å². The smallest absolute Gasteiger partial charge is 0.235 e. The summed E-state index contributed by atoms with van der Waals surface area (Å²) in [5.74, 6) is 1.47. The molecule has 5 heteroatoms. The topological polar surface area (TPSA) is 73.6 Å². The summed E-state index contributed by atoms with van der Waals surface area (Å²) in [6.07, 6.45) is 1.66. The van der Waals surface area contributed by atoms with Crippen LogP contribution in [-0.4, -0.2) is 12.7 Å². The lowest BCUT2D eigenvalue weighted by molar-refractivity contribution is -0.118. The SMILES string of the molecule is NCc1ccc(-c2cccc(NC(=O)C3(c4ccc5c(c4)OCO5)CC3)c2)cc1.[HH]. The van der Waals surface area contributed by atoms with Crippen molar-refractivity contribution in [3.63, 3.8) is 0 Å². The third kappa shape index (κ3) is 3.23. The number of anilines is 1. The maximum atomic E-state index is 13.1. The fraction of sp³-hybridized carbons (Fsp3) is 0.208. The number of carbonyl (C=O) groups excluding carboxylic acids is 1. The summed E-state index contributed by atoms with van der Waals surface area (Å²) in [5, 5.41) is 3.11. The zero-order valence-electron chi connectivity index (χ0n) is 16.0. The molecule has 3 aromatic carbocycles. The quantitative estimate of drug-likeness (QED) is 0.677. The number of hydrogen-bond acceptors (Lipinski definition) is 4. The fourth-order valence-electron chi connectivity index (χ4n) is 3.83. The van der Waals surface area contributed by atoms with E-state index in [0.29, 0.717) is 12.3 Å². The molecule has 29 heavy (non-hydrogen) atoms. The Hall–Kier alpha value is -3.31. The number of benzene rings is 3. The van der Waals surface area contributed by atoms with Crippen LogP contribution in [0.1, 0.15) is 25.4 Å². The Kier molecular flexibility index (Phi) is 4.25. The second-order valence-corrected chi connectivity index (χ2v) is 7.59. The van der Waals surface area contributed by atoms with Gasteiger partial charge >= 0.3 is 0 Å². The van der Waals surface area contributed by atoms with Crippen molar-refractivity contribution in [2.75, 3.05) is 12.1 Å². The van der Waals surface area contributed by atoms with Gasteiger partial charge in [0.25, 0.3) is 0 Å². The van der Waals surface area contributed by atoms with Crippen molar-refractivity contribution in [1.29, 1.82) is 0 Å². The van der Waals surface area contributed by atoms with E-state index in [2.05, 4.69) is 17.4 Å². The van der Waals surface area contributed by atoms with Gasteiger partial charge in [-0.05, 0) is 59.4 Å². The van der Waals surface area contributed by atoms with Crippen molar-refractivity contribution in [3.05, 3.63) is 77.9 Å². The summed E-state index contributed by atoms with van der Waals surface area (Å²) in [5.41, 5.74) is 10.2. The van der Waals surface area contributed by atoms with E-state index in [1.165, 1.54) is 0 Å². The highest BCUT2D eigenvalue weighted by molar-refractivity contribution is 6.01. The van der Waals surface area contributed by atoms with Crippen LogP contribution in [0.3, 0.4) is 0 Å². The summed E-state index contributed by atoms with van der Waals surface area (Å²) < 4.78 is 10.9. The summed E-state index contributed by atoms with van der Waals surface area (Å²) in [4.78, 5) is 13.1. The molecule has 1 aliphatic carbocycles. The van der Waals surface area contributed by atoms with Gasteiger partial charge in [-0.3, -0.25) is 4.79 Å². The Labute approximate surface area is 170 Å². The average Bonchev–Trinajstić information content (AvgIpc) is 3.45. The van der Waals surface area contributed by atoms with E-state index in [1.54, 1.807) is 0 Å². The van der Waals surface area contributed by atoms with Gasteiger partial charge in [-0.15, -0.1) is 0 Å². The van der Waals surface area contributed by atoms with Crippen LogP contribution in [0.15, 0.2) is 66.7 Å². The van der Waals surface area contributed by atoms with E-state index in [4.69, 9.17) is 15.2 Å². The molecule has 5 nitrogen and oxygen atoms in total. The van der Waals surface area contributed by atoms with Gasteiger partial charge in [-0.2, -0.15) is 0 Å². The number of amides is 1. The molecular weight excluding hydrogens is 364 g/mol. The largest absolute Gasteiger partial charge is 0.454 e. The standard InChI is InChI=1S/C24H22N2O3.H2/c25-14-16-4-6-17(7-5-16)18-2-1-3-20(12-18)26-23(27)24(10-11-24)19-8-9-21-22(13-19)29-15-28-21;/h1-9,12-13H,10-11,14-15,25H2,(H,26,27);1H. The van der Waals surface area contributed by atoms with Gasteiger partial charge < -0.3 is 20.5 Å². The highest BCUT2D eigenvalue weighted by Crippen LogP contribution is 2.51. The minimum Gasteiger partial charge on any atom is -0.454 e. The molecular formula is C24H24N2O3. The Morgan fingerprint density at radius 2 is 1.76 bits per heavy atom. The van der Waals surface area contributed by atoms with Crippen LogP contribution in [0.25, 0.3) is 11.1 Å². The van der Waals surface area contributed by atoms with E-state index < -0.39 is 5.41 Å². The number of nitrogens with one attached hydrogen (secondary N) is 1. The molecule has 0 spiro atoms. The van der Waals surface area contributed by atoms with Crippen molar-refractivity contribution in [2.24, 2.45) is 5.73 Å². The zero-order chi connectivity index (χ0) is 19.8. The predicted octanol–water partition coefficient (Wildman–Crippen LogP) is 4.46. The minimum atomic E-state index is -0.486. The van der Waals surface area contributed by atoms with Crippen LogP contribution in [0.2, 0.25) is 0 Å². The van der Waals surface area contributed by atoms with Gasteiger partial charge in [0.05, 0.1) is 5.41 Å². The van der Waals surface area contributed by atoms with Gasteiger partial charge in [0.2, 0.25) is 12.7 Å². The Morgan fingerprint density at radius 1 is 0.966 bits per heavy atom. The van der Waals surface area contributed by atoms with Crippen LogP contribution >= 0.6 is 0 Å². The van der Waals surface area contributed by atoms with Crippen molar-refractivity contribution in [2.45, 2.75) is 24.8 Å². The average molecular weight is 388 g/mol. The Morgan fingerprint density at radius 3 is 2.52 bits per heavy atom. The van der Waals surface area contributed by atoms with E-state index in [0.717, 1.165) is 46.5 Å². The Bertz CT molecular complexity index is 1080. The molecule has 3 N–H and O–H groups in total. The van der Waals surface area contributed by atoms with Gasteiger partial charge in [0.15, 0.2) is 11.5 Å². The maximum Gasteiger partial charge on any atom is 0.235 e. The first-order valence-corrected chi connectivity index (χ1v) is 9.79. The first-order valence-electron chi connectivity index (χ1n) is 9.79. The van der Waals surface area contributed by atoms with Gasteiger partial charge in [0.1, 0.15) is 0 Å². The zero-order valence-corrected chi connectivity index (χ0v) is 16.0. The molecule has 1 saturated carbocycles. The second kappa shape index (κ2) is 6.94. The van der Waals surface area contributed by atoms with Crippen LogP contribution in [0, 0.1) is 0 Å². The van der Waals surface area contributed by atoms with E-state index in [9.17, 15) is 4.79 Å². The number of hydrogen-bond donors (Lipinski definition) is 2. The summed E-state index contributed by atoms with van der Waals surface area (Å²) in [6.45, 7) is 0.759. The van der Waals surface area contributed by atoms with E-state index in [1.807, 2.05) is 54.6 Å². The van der Waals surface area contributed by atoms with Crippen molar-refractivity contribution >= 4 is 11.6 Å². The van der Waals surface area contributed by atoms with Crippen molar-refractivity contribution in [1.82, 2.24) is 0 Å². The highest BCUT2D eigenvalue weighted by atomic mass is 16.7. The summed E-state index contributed by atoms with van der Waals surface area (Å²) in [6, 6.07) is 21.9. The molecule has 0 saturated heterocycles. The van der Waals surface area contributed by atoms with Gasteiger partial charge in [0, 0.05) is 13.7 Å². The monoisotopic (exact) mass is 388 g/mol. The first-order chi connectivity index (χ1) is 14.2. The molecule has 0 bridgehead atoms. The minimum absolute atomic E-state index is 0. The van der Waals surface area contributed by atoms with Crippen LogP contribution < -0.4 is 20.5 Å². The van der Waals surface area contributed by atoms with E-state index in [-0.39, 0.29) is 14.1 Å². The third-order valence-electron chi connectivity index (χ3n) is 5.75. The first kappa shape index (κ1) is 17.8. The summed E-state index contributed by atoms with van der Waals surface area (Å²) >= 11 is 0. The molecule has 2 aliphatic rings. The second-order valence-electron chi connectivity index (χ2n) is 7.59. The normalized spacial score (nSPS) is 15.8. The lowest BCUT2D eigenvalue weighted by Crippen LogP contribution is -2.27. The third-order valence-corrected chi connectivity index (χ3v) is 5.75. The predicted molar refractivity (Wildman–Crippen MR) is 114 cm³/mol. The van der Waals surface area contributed by atoms with Crippen LogP contribution in [0.5, 0.6) is 11.5 Å². The molecule has 1 aliphatic heterocycles. The number of rotatable bonds is 5. The maximum absolute atomic E-state index is 13.1. The lowest BCUT2D eigenvalue weighted by atomic mass is 9.94. The highest BCUT2D eigenvalue weighted by Gasteiger charge is 2.51. The fourth-order valence-corrected chi connectivity index (χ4v) is 3.83. The molecule has 5 rings (SSSR count). The molecule has 0 aromatic heterocycles. The Balaban J connectivity index is 0.00000218. The number of carbonyl (C=O) groups is 1.